The molecule has 2 aromatic rings. The molecule has 2 heterocycles. The maximum Gasteiger partial charge on any atom is 0.255 e. The Morgan fingerprint density at radius 2 is 2.37 bits per heavy atom. The molecule has 5 heteroatoms. The summed E-state index contributed by atoms with van der Waals surface area (Å²) in [5, 5.41) is 5.16. The summed E-state index contributed by atoms with van der Waals surface area (Å²) in [5.74, 6) is 0.135. The molecule has 4 nitrogen and oxygen atoms in total. The highest BCUT2D eigenvalue weighted by molar-refractivity contribution is 7.10. The SMILES string of the molecule is Nc1ncccc1C(=O)NC1CCCc2sccc21. The molecule has 1 aliphatic rings. The van der Waals surface area contributed by atoms with Gasteiger partial charge in [-0.15, -0.1) is 11.3 Å². The average Bonchev–Trinajstić information content (AvgIpc) is 2.88. The molecule has 0 saturated heterocycles. The zero-order valence-electron chi connectivity index (χ0n) is 10.4. The van der Waals surface area contributed by atoms with E-state index in [4.69, 9.17) is 5.73 Å². The van der Waals surface area contributed by atoms with Gasteiger partial charge in [0.25, 0.3) is 5.91 Å². The molecular weight excluding hydrogens is 258 g/mol. The molecule has 0 bridgehead atoms. The zero-order chi connectivity index (χ0) is 13.2. The van der Waals surface area contributed by atoms with Crippen molar-refractivity contribution in [3.05, 3.63) is 45.8 Å². The second-order valence-corrected chi connectivity index (χ2v) is 5.65. The number of nitrogens with one attached hydrogen (secondary N) is 1. The van der Waals surface area contributed by atoms with Crippen LogP contribution in [0, 0.1) is 0 Å². The fraction of sp³-hybridized carbons (Fsp3) is 0.286. The van der Waals surface area contributed by atoms with Crippen molar-refractivity contribution in [3.8, 4) is 0 Å². The molecule has 1 amide bonds. The minimum absolute atomic E-state index is 0.0992. The molecule has 0 spiro atoms. The van der Waals surface area contributed by atoms with Gasteiger partial charge in [-0.3, -0.25) is 4.79 Å². The van der Waals surface area contributed by atoms with Gasteiger partial charge in [-0.25, -0.2) is 4.98 Å². The van der Waals surface area contributed by atoms with E-state index in [2.05, 4.69) is 21.7 Å². The van der Waals surface area contributed by atoms with Crippen molar-refractivity contribution in [1.82, 2.24) is 10.3 Å². The fourth-order valence-electron chi connectivity index (χ4n) is 2.48. The summed E-state index contributed by atoms with van der Waals surface area (Å²) in [4.78, 5) is 17.6. The number of thiophene rings is 1. The maximum absolute atomic E-state index is 12.2. The lowest BCUT2D eigenvalue weighted by molar-refractivity contribution is 0.0933. The van der Waals surface area contributed by atoms with Crippen LogP contribution in [0.3, 0.4) is 0 Å². The number of nitrogen functional groups attached to an aromatic ring is 1. The van der Waals surface area contributed by atoms with E-state index >= 15 is 0 Å². The Morgan fingerprint density at radius 3 is 3.21 bits per heavy atom. The van der Waals surface area contributed by atoms with Crippen LogP contribution in [0.15, 0.2) is 29.8 Å². The lowest BCUT2D eigenvalue weighted by Gasteiger charge is -2.23. The van der Waals surface area contributed by atoms with Crippen LogP contribution in [-0.2, 0) is 6.42 Å². The van der Waals surface area contributed by atoms with Gasteiger partial charge in [0.05, 0.1) is 11.6 Å². The van der Waals surface area contributed by atoms with Crippen molar-refractivity contribution >= 4 is 23.1 Å². The van der Waals surface area contributed by atoms with Crippen LogP contribution in [0.1, 0.15) is 39.7 Å². The third kappa shape index (κ3) is 2.33. The third-order valence-corrected chi connectivity index (χ3v) is 4.44. The highest BCUT2D eigenvalue weighted by Gasteiger charge is 2.23. The molecule has 98 valence electrons. The van der Waals surface area contributed by atoms with Crippen molar-refractivity contribution in [2.45, 2.75) is 25.3 Å². The largest absolute Gasteiger partial charge is 0.383 e. The van der Waals surface area contributed by atoms with E-state index in [-0.39, 0.29) is 17.8 Å². The fourth-order valence-corrected chi connectivity index (χ4v) is 3.47. The van der Waals surface area contributed by atoms with Crippen LogP contribution in [0.5, 0.6) is 0 Å². The standard InChI is InChI=1S/C14H15N3OS/c15-13-10(3-2-7-16-13)14(18)17-11-4-1-5-12-9(11)6-8-19-12/h2-3,6-8,11H,1,4-5H2,(H2,15,16)(H,17,18). The highest BCUT2D eigenvalue weighted by Crippen LogP contribution is 2.33. The van der Waals surface area contributed by atoms with E-state index in [0.717, 1.165) is 19.3 Å². The Kier molecular flexibility index (Phi) is 3.21. The first-order chi connectivity index (χ1) is 9.25. The molecule has 19 heavy (non-hydrogen) atoms. The molecule has 0 aromatic carbocycles. The number of anilines is 1. The van der Waals surface area contributed by atoms with Crippen LogP contribution in [0.25, 0.3) is 0 Å². The number of aromatic nitrogens is 1. The van der Waals surface area contributed by atoms with Gasteiger partial charge in [0.2, 0.25) is 0 Å². The predicted octanol–water partition coefficient (Wildman–Crippen LogP) is 2.53. The van der Waals surface area contributed by atoms with E-state index in [1.807, 2.05) is 0 Å². The second-order valence-electron chi connectivity index (χ2n) is 4.65. The summed E-state index contributed by atoms with van der Waals surface area (Å²) < 4.78 is 0. The molecule has 0 aliphatic heterocycles. The van der Waals surface area contributed by atoms with Crippen LogP contribution in [0.4, 0.5) is 5.82 Å². The predicted molar refractivity (Wildman–Crippen MR) is 76.1 cm³/mol. The van der Waals surface area contributed by atoms with Crippen LogP contribution < -0.4 is 11.1 Å². The molecule has 1 unspecified atom stereocenters. The van der Waals surface area contributed by atoms with Crippen molar-refractivity contribution in [1.29, 1.82) is 0 Å². The molecule has 0 radical (unpaired) electrons. The van der Waals surface area contributed by atoms with Crippen LogP contribution in [0.2, 0.25) is 0 Å². The number of hydrogen-bond donors (Lipinski definition) is 2. The molecule has 1 atom stereocenters. The summed E-state index contributed by atoms with van der Waals surface area (Å²) in [5.41, 5.74) is 7.44. The lowest BCUT2D eigenvalue weighted by atomic mass is 9.94. The minimum Gasteiger partial charge on any atom is -0.383 e. The monoisotopic (exact) mass is 273 g/mol. The number of nitrogens with two attached hydrogens (primary N) is 1. The first kappa shape index (κ1) is 12.2. The van der Waals surface area contributed by atoms with E-state index in [1.165, 1.54) is 10.4 Å². The van der Waals surface area contributed by atoms with Gasteiger partial charge < -0.3 is 11.1 Å². The van der Waals surface area contributed by atoms with E-state index in [9.17, 15) is 4.79 Å². The summed E-state index contributed by atoms with van der Waals surface area (Å²) in [6.07, 6.45) is 4.80. The van der Waals surface area contributed by atoms with Gasteiger partial charge in [0.1, 0.15) is 5.82 Å². The molecule has 2 aromatic heterocycles. The molecule has 3 rings (SSSR count). The Labute approximate surface area is 115 Å². The Hall–Kier alpha value is -1.88. The molecule has 0 fully saturated rings. The van der Waals surface area contributed by atoms with Crippen molar-refractivity contribution in [2.24, 2.45) is 0 Å². The molecule has 3 N–H and O–H groups in total. The number of carbonyl (C=O) groups is 1. The number of nitrogens with zero attached hydrogens (tertiary/aromatic N) is 1. The number of fused-ring (bicyclic) bond motifs is 1. The molecular formula is C14H15N3OS. The number of rotatable bonds is 2. The van der Waals surface area contributed by atoms with Crippen molar-refractivity contribution in [3.63, 3.8) is 0 Å². The highest BCUT2D eigenvalue weighted by atomic mass is 32.1. The summed E-state index contributed by atoms with van der Waals surface area (Å²) >= 11 is 1.77. The van der Waals surface area contributed by atoms with Gasteiger partial charge in [0.15, 0.2) is 0 Å². The van der Waals surface area contributed by atoms with Gasteiger partial charge >= 0.3 is 0 Å². The van der Waals surface area contributed by atoms with E-state index < -0.39 is 0 Å². The van der Waals surface area contributed by atoms with Crippen LogP contribution in [-0.4, -0.2) is 10.9 Å². The number of carbonyl (C=O) groups excluding carboxylic acids is 1. The first-order valence-electron chi connectivity index (χ1n) is 6.33. The summed E-state index contributed by atoms with van der Waals surface area (Å²) in [7, 11) is 0. The average molecular weight is 273 g/mol. The summed E-state index contributed by atoms with van der Waals surface area (Å²) in [6, 6.07) is 5.63. The number of pyridine rings is 1. The molecule has 0 saturated carbocycles. The maximum atomic E-state index is 12.2. The Bertz CT molecular complexity index is 608. The normalized spacial score (nSPS) is 17.8. The molecule has 1 aliphatic carbocycles. The van der Waals surface area contributed by atoms with Gasteiger partial charge in [-0.2, -0.15) is 0 Å². The number of aryl methyl sites for hydroxylation is 1. The van der Waals surface area contributed by atoms with Crippen LogP contribution >= 0.6 is 11.3 Å². The van der Waals surface area contributed by atoms with E-state index in [1.54, 1.807) is 29.7 Å². The topological polar surface area (TPSA) is 68.0 Å². The zero-order valence-corrected chi connectivity index (χ0v) is 11.2. The third-order valence-electron chi connectivity index (χ3n) is 3.44. The van der Waals surface area contributed by atoms with E-state index in [0.29, 0.717) is 5.56 Å². The Morgan fingerprint density at radius 1 is 1.47 bits per heavy atom. The van der Waals surface area contributed by atoms with Crippen molar-refractivity contribution in [2.75, 3.05) is 5.73 Å². The van der Waals surface area contributed by atoms with Gasteiger partial charge in [-0.05, 0) is 48.4 Å². The smallest absolute Gasteiger partial charge is 0.255 e. The summed E-state index contributed by atoms with van der Waals surface area (Å²) in [6.45, 7) is 0. The lowest BCUT2D eigenvalue weighted by Crippen LogP contribution is -2.31. The second kappa shape index (κ2) is 5.01. The number of hydrogen-bond acceptors (Lipinski definition) is 4. The number of amides is 1. The minimum atomic E-state index is -0.144. The van der Waals surface area contributed by atoms with Gasteiger partial charge in [0, 0.05) is 11.1 Å². The van der Waals surface area contributed by atoms with Crippen molar-refractivity contribution < 1.29 is 4.79 Å². The van der Waals surface area contributed by atoms with Gasteiger partial charge in [-0.1, -0.05) is 0 Å². The quantitative estimate of drug-likeness (QED) is 0.883. The Balaban J connectivity index is 1.80. The first-order valence-corrected chi connectivity index (χ1v) is 7.21.